The molecule has 0 fully saturated rings. The van der Waals surface area contributed by atoms with E-state index in [1.165, 1.54) is 35.5 Å². The summed E-state index contributed by atoms with van der Waals surface area (Å²) >= 11 is 1.39. The molecule has 0 heterocycles. The Morgan fingerprint density at radius 2 is 1.51 bits per heavy atom. The summed E-state index contributed by atoms with van der Waals surface area (Å²) < 4.78 is 14.4. The van der Waals surface area contributed by atoms with Gasteiger partial charge < -0.3 is 16.0 Å². The van der Waals surface area contributed by atoms with Gasteiger partial charge in [-0.3, -0.25) is 14.4 Å². The molecule has 4 aromatic rings. The molecule has 8 heteroatoms. The van der Waals surface area contributed by atoms with Gasteiger partial charge in [-0.15, -0.1) is 11.8 Å². The van der Waals surface area contributed by atoms with Crippen LogP contribution in [0.3, 0.4) is 0 Å². The largest absolute Gasteiger partial charge is 0.325 e. The van der Waals surface area contributed by atoms with E-state index in [0.29, 0.717) is 23.6 Å². The molecular weight excluding hydrogens is 561 g/mol. The number of anilines is 2. The predicted molar refractivity (Wildman–Crippen MR) is 172 cm³/mol. The Labute approximate surface area is 255 Å². The predicted octanol–water partition coefficient (Wildman–Crippen LogP) is 7.87. The molecule has 1 atom stereocenters. The Balaban J connectivity index is 1.48. The number of hydrogen-bond donors (Lipinski definition) is 3. The third kappa shape index (κ3) is 8.90. The molecule has 0 spiro atoms. The molecule has 0 radical (unpaired) electrons. The number of nitrogens with one attached hydrogen (secondary N) is 3. The second kappa shape index (κ2) is 15.0. The standard InChI is InChI=1S/C35H34FN3O3S/c1-4-32(35(42)37-27-19-17-24(18-20-27)23(2)3)43-29-15-10-14-28(22-29)38-34(41)31(21-26-13-8-9-16-30(26)36)39-33(40)25-11-6-5-7-12-25/h5-23,32H,4H2,1-3H3,(H,37,42)(H,38,41)(H,39,40)/b31-21-. The SMILES string of the molecule is CCC(Sc1cccc(NC(=O)/C(=C/c2ccccc2F)NC(=O)c2ccccc2)c1)C(=O)Nc1ccc(C(C)C)cc1. The van der Waals surface area contributed by atoms with Crippen molar-refractivity contribution in [2.45, 2.75) is 43.3 Å². The van der Waals surface area contributed by atoms with Gasteiger partial charge in [-0.2, -0.15) is 0 Å². The van der Waals surface area contributed by atoms with Crippen LogP contribution in [-0.4, -0.2) is 23.0 Å². The van der Waals surface area contributed by atoms with Crippen LogP contribution in [0.2, 0.25) is 0 Å². The van der Waals surface area contributed by atoms with Crippen LogP contribution in [0, 0.1) is 5.82 Å². The van der Waals surface area contributed by atoms with Crippen molar-refractivity contribution in [2.75, 3.05) is 10.6 Å². The molecule has 0 aromatic heterocycles. The Kier molecular flexibility index (Phi) is 10.9. The average Bonchev–Trinajstić information content (AvgIpc) is 3.01. The van der Waals surface area contributed by atoms with Crippen molar-refractivity contribution in [3.05, 3.63) is 131 Å². The van der Waals surface area contributed by atoms with Gasteiger partial charge in [0.15, 0.2) is 0 Å². The maximum Gasteiger partial charge on any atom is 0.272 e. The zero-order valence-electron chi connectivity index (χ0n) is 24.3. The zero-order chi connectivity index (χ0) is 30.8. The topological polar surface area (TPSA) is 87.3 Å². The summed E-state index contributed by atoms with van der Waals surface area (Å²) in [5.41, 5.74) is 2.79. The first-order chi connectivity index (χ1) is 20.7. The Hall–Kier alpha value is -4.69. The Bertz CT molecular complexity index is 1600. The van der Waals surface area contributed by atoms with E-state index in [0.717, 1.165) is 10.6 Å². The van der Waals surface area contributed by atoms with Crippen molar-refractivity contribution in [2.24, 2.45) is 0 Å². The highest BCUT2D eigenvalue weighted by atomic mass is 32.2. The Morgan fingerprint density at radius 1 is 0.814 bits per heavy atom. The van der Waals surface area contributed by atoms with Gasteiger partial charge >= 0.3 is 0 Å². The number of thioether (sulfide) groups is 1. The third-order valence-electron chi connectivity index (χ3n) is 6.61. The summed E-state index contributed by atoms with van der Waals surface area (Å²) in [6.07, 6.45) is 1.90. The minimum Gasteiger partial charge on any atom is -0.325 e. The molecule has 0 aliphatic carbocycles. The molecule has 3 amide bonds. The first kappa shape index (κ1) is 31.3. The maximum atomic E-state index is 14.4. The molecule has 43 heavy (non-hydrogen) atoms. The minimum atomic E-state index is -0.621. The molecule has 0 saturated heterocycles. The molecular formula is C35H34FN3O3S. The van der Waals surface area contributed by atoms with E-state index in [4.69, 9.17) is 0 Å². The summed E-state index contributed by atoms with van der Waals surface area (Å²) in [4.78, 5) is 40.1. The van der Waals surface area contributed by atoms with Crippen LogP contribution in [0.15, 0.2) is 114 Å². The number of benzene rings is 4. The summed E-state index contributed by atoms with van der Waals surface area (Å²) in [7, 11) is 0. The third-order valence-corrected chi connectivity index (χ3v) is 7.97. The van der Waals surface area contributed by atoms with Crippen LogP contribution in [-0.2, 0) is 9.59 Å². The fraction of sp³-hybridized carbons (Fsp3) is 0.171. The molecule has 4 rings (SSSR count). The minimum absolute atomic E-state index is 0.113. The molecule has 6 nitrogen and oxygen atoms in total. The molecule has 0 bridgehead atoms. The van der Waals surface area contributed by atoms with Crippen LogP contribution >= 0.6 is 11.8 Å². The number of carbonyl (C=O) groups excluding carboxylic acids is 3. The van der Waals surface area contributed by atoms with Gasteiger partial charge in [0.05, 0.1) is 5.25 Å². The van der Waals surface area contributed by atoms with Gasteiger partial charge in [-0.25, -0.2) is 4.39 Å². The molecule has 3 N–H and O–H groups in total. The van der Waals surface area contributed by atoms with Crippen molar-refractivity contribution in [1.29, 1.82) is 0 Å². The fourth-order valence-corrected chi connectivity index (χ4v) is 5.21. The number of amides is 3. The second-order valence-electron chi connectivity index (χ2n) is 10.2. The lowest BCUT2D eigenvalue weighted by molar-refractivity contribution is -0.116. The van der Waals surface area contributed by atoms with E-state index in [-0.39, 0.29) is 22.4 Å². The van der Waals surface area contributed by atoms with E-state index < -0.39 is 17.6 Å². The van der Waals surface area contributed by atoms with Crippen molar-refractivity contribution < 1.29 is 18.8 Å². The van der Waals surface area contributed by atoms with E-state index in [9.17, 15) is 18.8 Å². The molecule has 0 aliphatic heterocycles. The molecule has 4 aromatic carbocycles. The van der Waals surface area contributed by atoms with Gasteiger partial charge in [0.25, 0.3) is 11.8 Å². The monoisotopic (exact) mass is 595 g/mol. The smallest absolute Gasteiger partial charge is 0.272 e. The molecule has 0 saturated carbocycles. The summed E-state index contributed by atoms with van der Waals surface area (Å²) in [5, 5.41) is 8.04. The van der Waals surface area contributed by atoms with Gasteiger partial charge in [0, 0.05) is 27.4 Å². The molecule has 220 valence electrons. The van der Waals surface area contributed by atoms with E-state index in [1.54, 1.807) is 60.7 Å². The number of halogens is 1. The second-order valence-corrected chi connectivity index (χ2v) is 11.4. The zero-order valence-corrected chi connectivity index (χ0v) is 25.1. The first-order valence-corrected chi connectivity index (χ1v) is 14.9. The van der Waals surface area contributed by atoms with E-state index >= 15 is 0 Å². The van der Waals surface area contributed by atoms with Crippen molar-refractivity contribution in [1.82, 2.24) is 5.32 Å². The number of rotatable bonds is 11. The Morgan fingerprint density at radius 3 is 2.19 bits per heavy atom. The van der Waals surface area contributed by atoms with Crippen LogP contribution in [0.4, 0.5) is 15.8 Å². The van der Waals surface area contributed by atoms with Gasteiger partial charge in [0.1, 0.15) is 11.5 Å². The van der Waals surface area contributed by atoms with Crippen LogP contribution in [0.5, 0.6) is 0 Å². The lowest BCUT2D eigenvalue weighted by Gasteiger charge is -2.16. The van der Waals surface area contributed by atoms with Crippen molar-refractivity contribution >= 4 is 46.9 Å². The average molecular weight is 596 g/mol. The number of carbonyl (C=O) groups is 3. The summed E-state index contributed by atoms with van der Waals surface area (Å²) in [5.74, 6) is -1.36. The lowest BCUT2D eigenvalue weighted by Crippen LogP contribution is -2.30. The fourth-order valence-electron chi connectivity index (χ4n) is 4.20. The van der Waals surface area contributed by atoms with Gasteiger partial charge in [0.2, 0.25) is 5.91 Å². The highest BCUT2D eigenvalue weighted by Crippen LogP contribution is 2.29. The van der Waals surface area contributed by atoms with Crippen molar-refractivity contribution in [3.63, 3.8) is 0 Å². The highest BCUT2D eigenvalue weighted by Gasteiger charge is 2.20. The van der Waals surface area contributed by atoms with E-state index in [2.05, 4.69) is 29.8 Å². The molecule has 1 unspecified atom stereocenters. The van der Waals surface area contributed by atoms with Crippen LogP contribution < -0.4 is 16.0 Å². The van der Waals surface area contributed by atoms with Gasteiger partial charge in [-0.05, 0) is 72.5 Å². The highest BCUT2D eigenvalue weighted by molar-refractivity contribution is 8.00. The normalized spacial score (nSPS) is 12.0. The van der Waals surface area contributed by atoms with Crippen LogP contribution in [0.1, 0.15) is 54.6 Å². The van der Waals surface area contributed by atoms with Crippen LogP contribution in [0.25, 0.3) is 6.08 Å². The van der Waals surface area contributed by atoms with Gasteiger partial charge in [-0.1, -0.05) is 75.4 Å². The summed E-state index contributed by atoms with van der Waals surface area (Å²) in [6, 6.07) is 29.4. The quantitative estimate of drug-likeness (QED) is 0.122. The lowest BCUT2D eigenvalue weighted by atomic mass is 10.0. The maximum absolute atomic E-state index is 14.4. The van der Waals surface area contributed by atoms with E-state index in [1.807, 2.05) is 37.3 Å². The molecule has 0 aliphatic rings. The van der Waals surface area contributed by atoms with Crippen molar-refractivity contribution in [3.8, 4) is 0 Å². The summed E-state index contributed by atoms with van der Waals surface area (Å²) in [6.45, 7) is 6.18. The number of hydrogen-bond acceptors (Lipinski definition) is 4. The first-order valence-electron chi connectivity index (χ1n) is 14.0.